The lowest BCUT2D eigenvalue weighted by Gasteiger charge is -2.25. The number of fused-ring (bicyclic) bond motifs is 3. The molecule has 8 heteroatoms. The number of ether oxygens (including phenoxy) is 2. The first-order valence-electron chi connectivity index (χ1n) is 9.41. The van der Waals surface area contributed by atoms with E-state index in [4.69, 9.17) is 19.4 Å². The van der Waals surface area contributed by atoms with E-state index in [1.165, 1.54) is 16.5 Å². The van der Waals surface area contributed by atoms with Gasteiger partial charge in [0.15, 0.2) is 11.6 Å². The summed E-state index contributed by atoms with van der Waals surface area (Å²) in [6, 6.07) is 4.80. The molecule has 2 aromatic heterocycles. The molecule has 0 unspecified atom stereocenters. The molecule has 146 valence electrons. The van der Waals surface area contributed by atoms with Crippen molar-refractivity contribution in [2.75, 3.05) is 26.3 Å². The predicted molar refractivity (Wildman–Crippen MR) is 110 cm³/mol. The summed E-state index contributed by atoms with van der Waals surface area (Å²) in [4.78, 5) is 14.1. The molecule has 1 aliphatic heterocycles. The SMILES string of the molecule is Fc1cc(Br)ccc1Oc1nc(CN2CCOCC2)nc2sc3c(c12)CCC3. The number of hydrogen-bond donors (Lipinski definition) is 0. The zero-order valence-corrected chi connectivity index (χ0v) is 17.6. The molecule has 5 rings (SSSR count). The maximum Gasteiger partial charge on any atom is 0.231 e. The average molecular weight is 464 g/mol. The molecule has 3 aromatic rings. The molecule has 1 aromatic carbocycles. The maximum absolute atomic E-state index is 14.4. The van der Waals surface area contributed by atoms with Crippen molar-refractivity contribution in [3.05, 3.63) is 44.8 Å². The van der Waals surface area contributed by atoms with Crippen molar-refractivity contribution in [1.82, 2.24) is 14.9 Å². The largest absolute Gasteiger partial charge is 0.435 e. The number of aromatic nitrogens is 2. The van der Waals surface area contributed by atoms with Crippen LogP contribution in [-0.4, -0.2) is 41.2 Å². The topological polar surface area (TPSA) is 47.5 Å². The van der Waals surface area contributed by atoms with E-state index in [1.807, 2.05) is 0 Å². The van der Waals surface area contributed by atoms with E-state index >= 15 is 0 Å². The first-order chi connectivity index (χ1) is 13.7. The Bertz CT molecular complexity index is 1040. The van der Waals surface area contributed by atoms with Crippen LogP contribution in [0.25, 0.3) is 10.2 Å². The molecular weight excluding hydrogens is 445 g/mol. The van der Waals surface area contributed by atoms with Crippen LogP contribution in [0.3, 0.4) is 0 Å². The Morgan fingerprint density at radius 1 is 1.21 bits per heavy atom. The lowest BCUT2D eigenvalue weighted by molar-refractivity contribution is 0.0330. The van der Waals surface area contributed by atoms with Crippen LogP contribution in [0.15, 0.2) is 22.7 Å². The Hall–Kier alpha value is -1.61. The Balaban J connectivity index is 1.56. The minimum Gasteiger partial charge on any atom is -0.435 e. The van der Waals surface area contributed by atoms with E-state index < -0.39 is 5.82 Å². The van der Waals surface area contributed by atoms with Gasteiger partial charge in [0.05, 0.1) is 25.1 Å². The molecule has 1 saturated heterocycles. The van der Waals surface area contributed by atoms with Gasteiger partial charge < -0.3 is 9.47 Å². The fourth-order valence-electron chi connectivity index (χ4n) is 3.77. The van der Waals surface area contributed by atoms with Crippen molar-refractivity contribution in [1.29, 1.82) is 0 Å². The lowest BCUT2D eigenvalue weighted by atomic mass is 10.2. The highest BCUT2D eigenvalue weighted by Crippen LogP contribution is 2.42. The normalized spacial score (nSPS) is 17.2. The van der Waals surface area contributed by atoms with E-state index in [9.17, 15) is 4.39 Å². The third kappa shape index (κ3) is 3.54. The van der Waals surface area contributed by atoms with E-state index in [-0.39, 0.29) is 5.75 Å². The quantitative estimate of drug-likeness (QED) is 0.560. The van der Waals surface area contributed by atoms with Crippen molar-refractivity contribution >= 4 is 37.5 Å². The lowest BCUT2D eigenvalue weighted by Crippen LogP contribution is -2.36. The molecule has 0 radical (unpaired) electrons. The zero-order chi connectivity index (χ0) is 19.1. The summed E-state index contributed by atoms with van der Waals surface area (Å²) in [5, 5.41) is 0.950. The maximum atomic E-state index is 14.4. The van der Waals surface area contributed by atoms with Gasteiger partial charge in [-0.25, -0.2) is 9.37 Å². The minimum absolute atomic E-state index is 0.179. The molecule has 1 fully saturated rings. The number of halogens is 2. The second-order valence-corrected chi connectivity index (χ2v) is 9.05. The van der Waals surface area contributed by atoms with Crippen LogP contribution in [0.2, 0.25) is 0 Å². The third-order valence-corrected chi connectivity index (χ3v) is 6.83. The Labute approximate surface area is 174 Å². The van der Waals surface area contributed by atoms with Crippen molar-refractivity contribution in [2.45, 2.75) is 25.8 Å². The number of hydrogen-bond acceptors (Lipinski definition) is 6. The Kier molecular flexibility index (Phi) is 5.04. The van der Waals surface area contributed by atoms with E-state index in [1.54, 1.807) is 23.5 Å². The second kappa shape index (κ2) is 7.67. The summed E-state index contributed by atoms with van der Waals surface area (Å²) in [7, 11) is 0. The molecule has 0 amide bonds. The van der Waals surface area contributed by atoms with Gasteiger partial charge in [0.25, 0.3) is 0 Å². The highest BCUT2D eigenvalue weighted by molar-refractivity contribution is 9.10. The highest BCUT2D eigenvalue weighted by Gasteiger charge is 2.24. The first-order valence-corrected chi connectivity index (χ1v) is 11.0. The monoisotopic (exact) mass is 463 g/mol. The number of nitrogens with zero attached hydrogens (tertiary/aromatic N) is 3. The number of thiophene rings is 1. The summed E-state index contributed by atoms with van der Waals surface area (Å²) in [5.74, 6) is 0.942. The second-order valence-electron chi connectivity index (χ2n) is 7.05. The summed E-state index contributed by atoms with van der Waals surface area (Å²) in [5.41, 5.74) is 1.27. The van der Waals surface area contributed by atoms with Crippen LogP contribution < -0.4 is 4.74 Å². The van der Waals surface area contributed by atoms with Gasteiger partial charge in [-0.05, 0) is 43.0 Å². The average Bonchev–Trinajstić information content (AvgIpc) is 3.25. The molecule has 3 heterocycles. The Morgan fingerprint density at radius 2 is 2.07 bits per heavy atom. The predicted octanol–water partition coefficient (Wildman–Crippen LogP) is 4.71. The molecule has 5 nitrogen and oxygen atoms in total. The molecule has 0 atom stereocenters. The van der Waals surface area contributed by atoms with Gasteiger partial charge in [0, 0.05) is 22.4 Å². The van der Waals surface area contributed by atoms with Crippen LogP contribution in [0.4, 0.5) is 4.39 Å². The van der Waals surface area contributed by atoms with Gasteiger partial charge in [-0.1, -0.05) is 15.9 Å². The van der Waals surface area contributed by atoms with Crippen molar-refractivity contribution in [2.24, 2.45) is 0 Å². The van der Waals surface area contributed by atoms with Crippen molar-refractivity contribution in [3.8, 4) is 11.6 Å². The Morgan fingerprint density at radius 3 is 2.89 bits per heavy atom. The van der Waals surface area contributed by atoms with Crippen molar-refractivity contribution < 1.29 is 13.9 Å². The highest BCUT2D eigenvalue weighted by atomic mass is 79.9. The van der Waals surface area contributed by atoms with Crippen LogP contribution in [0.1, 0.15) is 22.7 Å². The van der Waals surface area contributed by atoms with Crippen molar-refractivity contribution in [3.63, 3.8) is 0 Å². The van der Waals surface area contributed by atoms with Gasteiger partial charge in [-0.2, -0.15) is 4.98 Å². The summed E-state index contributed by atoms with van der Waals surface area (Å²) in [6.45, 7) is 3.81. The fourth-order valence-corrected chi connectivity index (χ4v) is 5.37. The molecule has 0 bridgehead atoms. The number of aryl methyl sites for hydroxylation is 2. The molecule has 2 aliphatic rings. The molecule has 0 N–H and O–H groups in total. The molecule has 1 aliphatic carbocycles. The molecular formula is C20H19BrFN3O2S. The summed E-state index contributed by atoms with van der Waals surface area (Å²) >= 11 is 5.01. The number of rotatable bonds is 4. The van der Waals surface area contributed by atoms with Gasteiger partial charge in [0.1, 0.15) is 10.7 Å². The van der Waals surface area contributed by atoms with Gasteiger partial charge in [-0.15, -0.1) is 11.3 Å². The van der Waals surface area contributed by atoms with E-state index in [0.29, 0.717) is 22.7 Å². The smallest absolute Gasteiger partial charge is 0.231 e. The molecule has 0 spiro atoms. The van der Waals surface area contributed by atoms with Crippen LogP contribution in [0, 0.1) is 5.82 Å². The van der Waals surface area contributed by atoms with Gasteiger partial charge in [-0.3, -0.25) is 4.90 Å². The van der Waals surface area contributed by atoms with E-state index in [0.717, 1.165) is 55.8 Å². The van der Waals surface area contributed by atoms with Gasteiger partial charge in [0.2, 0.25) is 5.88 Å². The zero-order valence-electron chi connectivity index (χ0n) is 15.2. The molecule has 0 saturated carbocycles. The molecule has 28 heavy (non-hydrogen) atoms. The van der Waals surface area contributed by atoms with Crippen LogP contribution >= 0.6 is 27.3 Å². The fraction of sp³-hybridized carbons (Fsp3) is 0.400. The van der Waals surface area contributed by atoms with Crippen LogP contribution in [0.5, 0.6) is 11.6 Å². The summed E-state index contributed by atoms with van der Waals surface area (Å²) < 4.78 is 26.5. The summed E-state index contributed by atoms with van der Waals surface area (Å²) in [6.07, 6.45) is 3.21. The first kappa shape index (κ1) is 18.4. The number of morpholine rings is 1. The standard InChI is InChI=1S/C20H19BrFN3O2S/c21-12-4-5-15(14(22)10-12)27-19-18-13-2-1-3-16(13)28-20(18)24-17(23-19)11-25-6-8-26-9-7-25/h4-5,10H,1-3,6-9,11H2. The van der Waals surface area contributed by atoms with E-state index in [2.05, 4.69) is 20.8 Å². The van der Waals surface area contributed by atoms with Gasteiger partial charge >= 0.3 is 0 Å². The minimum atomic E-state index is -0.414. The number of benzene rings is 1. The third-order valence-electron chi connectivity index (χ3n) is 5.15. The van der Waals surface area contributed by atoms with Crippen LogP contribution in [-0.2, 0) is 24.1 Å².